The van der Waals surface area contributed by atoms with Gasteiger partial charge in [0.15, 0.2) is 0 Å². The average Bonchev–Trinajstić information content (AvgIpc) is 3.16. The minimum absolute atomic E-state index is 0.0355. The molecule has 1 N–H and O–H groups in total. The highest BCUT2D eigenvalue weighted by Gasteiger charge is 2.54. The molecule has 0 atom stereocenters. The van der Waals surface area contributed by atoms with Gasteiger partial charge in [0.1, 0.15) is 12.1 Å². The number of anilines is 2. The van der Waals surface area contributed by atoms with E-state index in [4.69, 9.17) is 4.74 Å². The standard InChI is InChI=1S/C27H33N5O4/c1-21-6-5-7-22(18-21)28-26(35)30-12-10-27(11-13-30)25(34)31(19-24(33)29-14-16-36-17-15-29)20-32(27)23-8-3-2-4-9-23/h2-9,18H,10-17,19-20H2,1H3,(H,28,35). The number of rotatable bonds is 4. The molecule has 1 spiro atoms. The lowest BCUT2D eigenvalue weighted by atomic mass is 9.85. The maximum absolute atomic E-state index is 13.9. The van der Waals surface area contributed by atoms with Crippen LogP contribution >= 0.6 is 0 Å². The van der Waals surface area contributed by atoms with Crippen molar-refractivity contribution in [2.75, 3.05) is 62.8 Å². The number of urea groups is 1. The zero-order valence-corrected chi connectivity index (χ0v) is 20.7. The third kappa shape index (κ3) is 4.75. The molecule has 5 rings (SSSR count). The third-order valence-corrected chi connectivity index (χ3v) is 7.42. The molecule has 9 nitrogen and oxygen atoms in total. The molecule has 0 saturated carbocycles. The van der Waals surface area contributed by atoms with Gasteiger partial charge in [0.05, 0.1) is 19.9 Å². The summed E-state index contributed by atoms with van der Waals surface area (Å²) in [5.41, 5.74) is 2.01. The molecule has 36 heavy (non-hydrogen) atoms. The normalized spacial score (nSPS) is 19.6. The topological polar surface area (TPSA) is 85.4 Å². The van der Waals surface area contributed by atoms with Gasteiger partial charge in [-0.3, -0.25) is 9.59 Å². The maximum atomic E-state index is 13.9. The monoisotopic (exact) mass is 491 g/mol. The summed E-state index contributed by atoms with van der Waals surface area (Å²) >= 11 is 0. The number of carbonyl (C=O) groups excluding carboxylic acids is 3. The molecule has 190 valence electrons. The summed E-state index contributed by atoms with van der Waals surface area (Å²) in [5.74, 6) is -0.0848. The van der Waals surface area contributed by atoms with Gasteiger partial charge in [0.25, 0.3) is 5.91 Å². The lowest BCUT2D eigenvalue weighted by Crippen LogP contribution is -2.58. The van der Waals surface area contributed by atoms with Gasteiger partial charge in [-0.25, -0.2) is 4.79 Å². The quantitative estimate of drug-likeness (QED) is 0.711. The first-order valence-electron chi connectivity index (χ1n) is 12.6. The first-order chi connectivity index (χ1) is 17.5. The predicted octanol–water partition coefficient (Wildman–Crippen LogP) is 2.53. The van der Waals surface area contributed by atoms with Gasteiger partial charge in [-0.05, 0) is 49.6 Å². The SMILES string of the molecule is Cc1cccc(NC(=O)N2CCC3(CC2)C(=O)N(CC(=O)N2CCOCC2)CN3c2ccccc2)c1. The van der Waals surface area contributed by atoms with Crippen LogP contribution in [0.2, 0.25) is 0 Å². The number of nitrogens with one attached hydrogen (secondary N) is 1. The largest absolute Gasteiger partial charge is 0.378 e. The van der Waals surface area contributed by atoms with E-state index in [2.05, 4.69) is 10.2 Å². The number of nitrogens with zero attached hydrogens (tertiary/aromatic N) is 4. The molecule has 3 aliphatic heterocycles. The molecule has 0 aliphatic carbocycles. The van der Waals surface area contributed by atoms with Crippen LogP contribution in [-0.4, -0.2) is 90.7 Å². The minimum atomic E-state index is -0.771. The first kappa shape index (κ1) is 24.1. The summed E-state index contributed by atoms with van der Waals surface area (Å²) in [6.45, 7) is 5.48. The summed E-state index contributed by atoms with van der Waals surface area (Å²) in [4.78, 5) is 47.1. The van der Waals surface area contributed by atoms with E-state index in [0.29, 0.717) is 58.9 Å². The fraction of sp³-hybridized carbons (Fsp3) is 0.444. The highest BCUT2D eigenvalue weighted by atomic mass is 16.5. The van der Waals surface area contributed by atoms with E-state index in [1.807, 2.05) is 61.5 Å². The van der Waals surface area contributed by atoms with Gasteiger partial charge in [0, 0.05) is 37.6 Å². The summed E-state index contributed by atoms with van der Waals surface area (Å²) in [6.07, 6.45) is 1.01. The van der Waals surface area contributed by atoms with Gasteiger partial charge in [-0.2, -0.15) is 0 Å². The second-order valence-electron chi connectivity index (χ2n) is 9.72. The van der Waals surface area contributed by atoms with Crippen LogP contribution < -0.4 is 10.2 Å². The van der Waals surface area contributed by atoms with E-state index in [-0.39, 0.29) is 24.4 Å². The number of hydrogen-bond acceptors (Lipinski definition) is 5. The van der Waals surface area contributed by atoms with Gasteiger partial charge in [-0.1, -0.05) is 30.3 Å². The van der Waals surface area contributed by atoms with E-state index in [1.54, 1.807) is 14.7 Å². The summed E-state index contributed by atoms with van der Waals surface area (Å²) in [6, 6.07) is 17.4. The molecule has 0 aromatic heterocycles. The van der Waals surface area contributed by atoms with E-state index in [1.165, 1.54) is 0 Å². The predicted molar refractivity (Wildman–Crippen MR) is 137 cm³/mol. The van der Waals surface area contributed by atoms with Crippen LogP contribution in [0, 0.1) is 6.92 Å². The van der Waals surface area contributed by atoms with E-state index >= 15 is 0 Å². The Morgan fingerprint density at radius 2 is 1.67 bits per heavy atom. The number of amides is 4. The number of aryl methyl sites for hydroxylation is 1. The van der Waals surface area contributed by atoms with E-state index in [9.17, 15) is 14.4 Å². The smallest absolute Gasteiger partial charge is 0.321 e. The number of hydrogen-bond donors (Lipinski definition) is 1. The number of carbonyl (C=O) groups is 3. The molecule has 2 aromatic carbocycles. The molecule has 2 aromatic rings. The lowest BCUT2D eigenvalue weighted by Gasteiger charge is -2.43. The van der Waals surface area contributed by atoms with Crippen molar-refractivity contribution in [1.29, 1.82) is 0 Å². The molecule has 0 radical (unpaired) electrons. The van der Waals surface area contributed by atoms with Crippen molar-refractivity contribution in [2.45, 2.75) is 25.3 Å². The second kappa shape index (κ2) is 10.2. The van der Waals surface area contributed by atoms with Crippen LogP contribution in [0.3, 0.4) is 0 Å². The molecular formula is C27H33N5O4. The van der Waals surface area contributed by atoms with Gasteiger partial charge in [-0.15, -0.1) is 0 Å². The molecule has 3 aliphatic rings. The Bertz CT molecular complexity index is 1110. The zero-order valence-electron chi connectivity index (χ0n) is 20.7. The first-order valence-corrected chi connectivity index (χ1v) is 12.6. The molecule has 0 bridgehead atoms. The Morgan fingerprint density at radius 1 is 0.944 bits per heavy atom. The van der Waals surface area contributed by atoms with Gasteiger partial charge < -0.3 is 29.7 Å². The van der Waals surface area contributed by atoms with Crippen molar-refractivity contribution in [3.05, 3.63) is 60.2 Å². The molecule has 0 unspecified atom stereocenters. The second-order valence-corrected chi connectivity index (χ2v) is 9.72. The number of benzene rings is 2. The number of likely N-dealkylation sites (tertiary alicyclic amines) is 1. The maximum Gasteiger partial charge on any atom is 0.321 e. The molecular weight excluding hydrogens is 458 g/mol. The number of piperidine rings is 1. The Balaban J connectivity index is 1.31. The zero-order chi connectivity index (χ0) is 25.1. The van der Waals surface area contributed by atoms with Crippen molar-refractivity contribution in [2.24, 2.45) is 0 Å². The number of ether oxygens (including phenoxy) is 1. The van der Waals surface area contributed by atoms with Crippen molar-refractivity contribution in [3.8, 4) is 0 Å². The van der Waals surface area contributed by atoms with Crippen LogP contribution in [0.4, 0.5) is 16.2 Å². The van der Waals surface area contributed by atoms with Gasteiger partial charge in [0.2, 0.25) is 5.91 Å². The van der Waals surface area contributed by atoms with Crippen molar-refractivity contribution in [3.63, 3.8) is 0 Å². The Hall–Kier alpha value is -3.59. The van der Waals surface area contributed by atoms with Gasteiger partial charge >= 0.3 is 6.03 Å². The van der Waals surface area contributed by atoms with Crippen LogP contribution in [-0.2, 0) is 14.3 Å². The Labute approximate surface area is 211 Å². The van der Waals surface area contributed by atoms with Crippen LogP contribution in [0.1, 0.15) is 18.4 Å². The number of morpholine rings is 1. The summed E-state index contributed by atoms with van der Waals surface area (Å²) in [7, 11) is 0. The van der Waals surface area contributed by atoms with Crippen molar-refractivity contribution in [1.82, 2.24) is 14.7 Å². The summed E-state index contributed by atoms with van der Waals surface area (Å²) < 4.78 is 5.36. The van der Waals surface area contributed by atoms with Crippen LogP contribution in [0.15, 0.2) is 54.6 Å². The Morgan fingerprint density at radius 3 is 2.36 bits per heavy atom. The third-order valence-electron chi connectivity index (χ3n) is 7.42. The molecule has 3 fully saturated rings. The average molecular weight is 492 g/mol. The van der Waals surface area contributed by atoms with Crippen molar-refractivity contribution >= 4 is 29.2 Å². The molecule has 3 heterocycles. The Kier molecular flexibility index (Phi) is 6.82. The highest BCUT2D eigenvalue weighted by molar-refractivity contribution is 5.97. The number of para-hydroxylation sites is 1. The van der Waals surface area contributed by atoms with Crippen molar-refractivity contribution < 1.29 is 19.1 Å². The summed E-state index contributed by atoms with van der Waals surface area (Å²) in [5, 5.41) is 2.97. The lowest BCUT2D eigenvalue weighted by molar-refractivity contribution is -0.143. The molecule has 4 amide bonds. The van der Waals surface area contributed by atoms with Crippen LogP contribution in [0.25, 0.3) is 0 Å². The van der Waals surface area contributed by atoms with E-state index < -0.39 is 5.54 Å². The molecule has 9 heteroatoms. The van der Waals surface area contributed by atoms with E-state index in [0.717, 1.165) is 16.9 Å². The highest BCUT2D eigenvalue weighted by Crippen LogP contribution is 2.39. The van der Waals surface area contributed by atoms with Crippen LogP contribution in [0.5, 0.6) is 0 Å². The fourth-order valence-electron chi connectivity index (χ4n) is 5.40. The fourth-order valence-corrected chi connectivity index (χ4v) is 5.40. The molecule has 3 saturated heterocycles. The minimum Gasteiger partial charge on any atom is -0.378 e.